The van der Waals surface area contributed by atoms with Crippen LogP contribution in [-0.2, 0) is 19.6 Å². The fraction of sp³-hybridized carbons (Fsp3) is 0.632. The summed E-state index contributed by atoms with van der Waals surface area (Å²) in [6, 6.07) is 5.61. The maximum atomic E-state index is 12.2. The Morgan fingerprint density at radius 1 is 1.23 bits per heavy atom. The minimum Gasteiger partial charge on any atom is -0.379 e. The number of aryl methyl sites for hydroxylation is 1. The first-order chi connectivity index (χ1) is 12.1. The molecule has 0 atom stereocenters. The summed E-state index contributed by atoms with van der Waals surface area (Å²) in [6.07, 6.45) is 2.92. The third-order valence-corrected chi connectivity index (χ3v) is 5.28. The molecule has 1 aromatic carbocycles. The molecule has 0 saturated carbocycles. The van der Waals surface area contributed by atoms with Gasteiger partial charge in [0, 0.05) is 26.1 Å². The molecular formula is C19H32N2O4S. The molecule has 0 spiro atoms. The third-order valence-electron chi connectivity index (χ3n) is 4.10. The summed E-state index contributed by atoms with van der Waals surface area (Å²) in [5.74, 6) is -0.0658. The van der Waals surface area contributed by atoms with E-state index in [-0.39, 0.29) is 18.6 Å². The Morgan fingerprint density at radius 2 is 1.92 bits per heavy atom. The molecule has 0 unspecified atom stereocenters. The van der Waals surface area contributed by atoms with E-state index in [0.29, 0.717) is 31.7 Å². The summed E-state index contributed by atoms with van der Waals surface area (Å²) in [5, 5.41) is 2.84. The predicted molar refractivity (Wildman–Crippen MR) is 106 cm³/mol. The van der Waals surface area contributed by atoms with Crippen molar-refractivity contribution in [1.29, 1.82) is 0 Å². The summed E-state index contributed by atoms with van der Waals surface area (Å²) in [7, 11) is -3.40. The van der Waals surface area contributed by atoms with Crippen LogP contribution in [0.4, 0.5) is 5.69 Å². The number of hydrogen-bond acceptors (Lipinski definition) is 4. The van der Waals surface area contributed by atoms with Gasteiger partial charge in [-0.05, 0) is 57.7 Å². The molecule has 0 saturated heterocycles. The van der Waals surface area contributed by atoms with Crippen LogP contribution in [0.3, 0.4) is 0 Å². The summed E-state index contributed by atoms with van der Waals surface area (Å²) in [5.41, 5.74) is 2.66. The highest BCUT2D eigenvalue weighted by Crippen LogP contribution is 2.25. The van der Waals surface area contributed by atoms with E-state index in [9.17, 15) is 13.2 Å². The Bertz CT molecular complexity index is 687. The summed E-state index contributed by atoms with van der Waals surface area (Å²) in [4.78, 5) is 11.9. The lowest BCUT2D eigenvalue weighted by atomic mass is 10.1. The molecule has 0 fully saturated rings. The van der Waals surface area contributed by atoms with Crippen LogP contribution in [0.1, 0.15) is 44.2 Å². The first-order valence-electron chi connectivity index (χ1n) is 9.05. The van der Waals surface area contributed by atoms with Crippen molar-refractivity contribution in [2.75, 3.05) is 30.3 Å². The van der Waals surface area contributed by atoms with Gasteiger partial charge in [0.1, 0.15) is 0 Å². The van der Waals surface area contributed by atoms with E-state index in [1.54, 1.807) is 6.07 Å². The number of anilines is 1. The quantitative estimate of drug-likeness (QED) is 0.595. The highest BCUT2D eigenvalue weighted by molar-refractivity contribution is 7.92. The second kappa shape index (κ2) is 10.5. The molecule has 0 aromatic heterocycles. The summed E-state index contributed by atoms with van der Waals surface area (Å²) in [6.45, 7) is 9.28. The highest BCUT2D eigenvalue weighted by atomic mass is 32.2. The number of benzene rings is 1. The lowest BCUT2D eigenvalue weighted by Gasteiger charge is -2.24. The fourth-order valence-corrected chi connectivity index (χ4v) is 3.58. The number of carbonyl (C=O) groups is 1. The van der Waals surface area contributed by atoms with Gasteiger partial charge in [-0.25, -0.2) is 8.42 Å². The average Bonchev–Trinajstić information content (AvgIpc) is 2.53. The van der Waals surface area contributed by atoms with E-state index in [4.69, 9.17) is 4.74 Å². The lowest BCUT2D eigenvalue weighted by molar-refractivity contribution is -0.121. The van der Waals surface area contributed by atoms with Gasteiger partial charge in [-0.1, -0.05) is 12.1 Å². The van der Waals surface area contributed by atoms with E-state index in [1.807, 2.05) is 39.8 Å². The molecule has 0 radical (unpaired) electrons. The zero-order valence-corrected chi connectivity index (χ0v) is 17.4. The van der Waals surface area contributed by atoms with Crippen molar-refractivity contribution in [3.05, 3.63) is 29.3 Å². The van der Waals surface area contributed by atoms with Gasteiger partial charge in [-0.2, -0.15) is 0 Å². The number of sulfonamides is 1. The van der Waals surface area contributed by atoms with Crippen molar-refractivity contribution in [2.24, 2.45) is 0 Å². The second-order valence-electron chi connectivity index (χ2n) is 6.78. The van der Waals surface area contributed by atoms with Crippen molar-refractivity contribution in [2.45, 2.75) is 53.1 Å². The Morgan fingerprint density at radius 3 is 2.54 bits per heavy atom. The van der Waals surface area contributed by atoms with E-state index in [0.717, 1.165) is 17.5 Å². The van der Waals surface area contributed by atoms with Gasteiger partial charge in [-0.3, -0.25) is 9.10 Å². The molecule has 148 valence electrons. The van der Waals surface area contributed by atoms with E-state index in [1.165, 1.54) is 10.6 Å². The van der Waals surface area contributed by atoms with Crippen LogP contribution in [-0.4, -0.2) is 46.4 Å². The molecule has 7 heteroatoms. The van der Waals surface area contributed by atoms with Gasteiger partial charge in [0.15, 0.2) is 0 Å². The van der Waals surface area contributed by atoms with Crippen molar-refractivity contribution in [1.82, 2.24) is 5.32 Å². The maximum Gasteiger partial charge on any atom is 0.232 e. The standard InChI is InChI=1S/C19H32N2O4S/c1-15(2)25-14-8-12-20-19(22)11-7-13-21(26(5,23)24)18-10-6-9-16(3)17(18)4/h6,9-10,15H,7-8,11-14H2,1-5H3,(H,20,22). The number of carbonyl (C=O) groups excluding carboxylic acids is 1. The molecular weight excluding hydrogens is 352 g/mol. The van der Waals surface area contributed by atoms with Crippen molar-refractivity contribution in [3.8, 4) is 0 Å². The number of rotatable bonds is 11. The topological polar surface area (TPSA) is 75.7 Å². The molecule has 0 heterocycles. The zero-order valence-electron chi connectivity index (χ0n) is 16.5. The van der Waals surface area contributed by atoms with Crippen molar-refractivity contribution in [3.63, 3.8) is 0 Å². The van der Waals surface area contributed by atoms with Gasteiger partial charge < -0.3 is 10.1 Å². The van der Waals surface area contributed by atoms with Gasteiger partial charge in [-0.15, -0.1) is 0 Å². The maximum absolute atomic E-state index is 12.2. The first kappa shape index (κ1) is 22.4. The number of ether oxygens (including phenoxy) is 1. The average molecular weight is 385 g/mol. The Balaban J connectivity index is 2.51. The first-order valence-corrected chi connectivity index (χ1v) is 10.9. The molecule has 26 heavy (non-hydrogen) atoms. The molecule has 1 rings (SSSR count). The van der Waals surface area contributed by atoms with Crippen molar-refractivity contribution < 1.29 is 17.9 Å². The van der Waals surface area contributed by atoms with Crippen molar-refractivity contribution >= 4 is 21.6 Å². The molecule has 1 amide bonds. The summed E-state index contributed by atoms with van der Waals surface area (Å²) < 4.78 is 31.2. The molecule has 0 bridgehead atoms. The Labute approximate surface area is 158 Å². The van der Waals surface area contributed by atoms with Crippen LogP contribution in [0.25, 0.3) is 0 Å². The van der Waals surface area contributed by atoms with Crippen LogP contribution in [0.5, 0.6) is 0 Å². The van der Waals surface area contributed by atoms with Crippen LogP contribution in [0.2, 0.25) is 0 Å². The second-order valence-corrected chi connectivity index (χ2v) is 8.69. The monoisotopic (exact) mass is 384 g/mol. The smallest absolute Gasteiger partial charge is 0.232 e. The highest BCUT2D eigenvalue weighted by Gasteiger charge is 2.19. The summed E-state index contributed by atoms with van der Waals surface area (Å²) >= 11 is 0. The Kier molecular flexibility index (Phi) is 9.08. The lowest BCUT2D eigenvalue weighted by Crippen LogP contribution is -2.33. The number of nitrogens with one attached hydrogen (secondary N) is 1. The molecule has 0 aliphatic carbocycles. The van der Waals surface area contributed by atoms with Crippen LogP contribution in [0.15, 0.2) is 18.2 Å². The van der Waals surface area contributed by atoms with Gasteiger partial charge in [0.05, 0.1) is 18.0 Å². The minimum atomic E-state index is -3.40. The zero-order chi connectivity index (χ0) is 19.7. The van der Waals surface area contributed by atoms with Gasteiger partial charge >= 0.3 is 0 Å². The molecule has 1 aromatic rings. The molecule has 0 aliphatic rings. The van der Waals surface area contributed by atoms with Crippen LogP contribution >= 0.6 is 0 Å². The number of amides is 1. The van der Waals surface area contributed by atoms with Gasteiger partial charge in [0.2, 0.25) is 15.9 Å². The number of nitrogens with zero attached hydrogens (tertiary/aromatic N) is 1. The Hall–Kier alpha value is -1.60. The largest absolute Gasteiger partial charge is 0.379 e. The molecule has 1 N–H and O–H groups in total. The minimum absolute atomic E-state index is 0.0658. The van der Waals surface area contributed by atoms with Crippen LogP contribution < -0.4 is 9.62 Å². The molecule has 6 nitrogen and oxygen atoms in total. The SMILES string of the molecule is Cc1cccc(N(CCCC(=O)NCCCOC(C)C)S(C)(=O)=O)c1C. The molecule has 0 aliphatic heterocycles. The van der Waals surface area contributed by atoms with Gasteiger partial charge in [0.25, 0.3) is 0 Å². The van der Waals surface area contributed by atoms with E-state index < -0.39 is 10.0 Å². The van der Waals surface area contributed by atoms with E-state index >= 15 is 0 Å². The van der Waals surface area contributed by atoms with Crippen LogP contribution in [0, 0.1) is 13.8 Å². The van der Waals surface area contributed by atoms with E-state index in [2.05, 4.69) is 5.32 Å². The third kappa shape index (κ3) is 7.74. The predicted octanol–water partition coefficient (Wildman–Crippen LogP) is 2.78. The normalized spacial score (nSPS) is 11.6. The number of hydrogen-bond donors (Lipinski definition) is 1. The fourth-order valence-electron chi connectivity index (χ4n) is 2.56.